The van der Waals surface area contributed by atoms with Crippen LogP contribution in [0.25, 0.3) is 0 Å². The molecule has 1 heterocycles. The van der Waals surface area contributed by atoms with E-state index in [4.69, 9.17) is 11.0 Å². The van der Waals surface area contributed by atoms with Crippen LogP contribution in [0.4, 0.5) is 5.82 Å². The number of nitriles is 1. The molecule has 4 nitrogen and oxygen atoms in total. The highest BCUT2D eigenvalue weighted by Crippen LogP contribution is 2.60. The van der Waals surface area contributed by atoms with Gasteiger partial charge in [-0.05, 0) is 56.3 Å². The second kappa shape index (κ2) is 3.69. The molecule has 2 N–H and O–H groups in total. The Labute approximate surface area is 113 Å². The van der Waals surface area contributed by atoms with E-state index >= 15 is 0 Å². The Bertz CT molecular complexity index is 537. The molecule has 19 heavy (non-hydrogen) atoms. The number of nitrogen functional groups attached to an aromatic ring is 1. The maximum absolute atomic E-state index is 8.93. The minimum Gasteiger partial charge on any atom is -0.382 e. The number of nitrogens with two attached hydrogens (primary N) is 1. The zero-order valence-electron chi connectivity index (χ0n) is 11.0. The number of hydrogen-bond donors (Lipinski definition) is 1. The number of hydrogen-bond acceptors (Lipinski definition) is 4. The van der Waals surface area contributed by atoms with E-state index in [9.17, 15) is 0 Å². The van der Waals surface area contributed by atoms with Crippen LogP contribution in [0.1, 0.15) is 49.9 Å². The minimum absolute atomic E-state index is 0.164. The molecule has 4 heteroatoms. The van der Waals surface area contributed by atoms with Crippen LogP contribution < -0.4 is 5.73 Å². The van der Waals surface area contributed by atoms with Gasteiger partial charge in [-0.3, -0.25) is 0 Å². The van der Waals surface area contributed by atoms with Crippen molar-refractivity contribution in [2.24, 2.45) is 17.8 Å². The van der Waals surface area contributed by atoms with Crippen LogP contribution in [0.3, 0.4) is 0 Å². The molecule has 1 aromatic heterocycles. The Balaban J connectivity index is 1.76. The van der Waals surface area contributed by atoms with Crippen LogP contribution in [-0.2, 0) is 5.41 Å². The third-order valence-electron chi connectivity index (χ3n) is 5.45. The van der Waals surface area contributed by atoms with Crippen LogP contribution >= 0.6 is 0 Å². The van der Waals surface area contributed by atoms with Gasteiger partial charge in [-0.25, -0.2) is 9.97 Å². The molecule has 4 aliphatic rings. The van der Waals surface area contributed by atoms with E-state index in [1.165, 1.54) is 38.5 Å². The zero-order chi connectivity index (χ0) is 13.0. The molecule has 0 aliphatic heterocycles. The summed E-state index contributed by atoms with van der Waals surface area (Å²) in [6.07, 6.45) is 9.51. The Morgan fingerprint density at radius 3 is 2.21 bits per heavy atom. The van der Waals surface area contributed by atoms with Crippen LogP contribution in [0.15, 0.2) is 6.20 Å². The van der Waals surface area contributed by atoms with Gasteiger partial charge in [0.1, 0.15) is 23.3 Å². The molecule has 0 unspecified atom stereocenters. The van der Waals surface area contributed by atoms with E-state index in [0.717, 1.165) is 23.6 Å². The average molecular weight is 254 g/mol. The third-order valence-corrected chi connectivity index (χ3v) is 5.45. The third kappa shape index (κ3) is 1.57. The molecule has 4 fully saturated rings. The number of nitrogens with zero attached hydrogens (tertiary/aromatic N) is 3. The van der Waals surface area contributed by atoms with Gasteiger partial charge in [-0.1, -0.05) is 0 Å². The highest BCUT2D eigenvalue weighted by atomic mass is 15.0. The highest BCUT2D eigenvalue weighted by Gasteiger charge is 2.53. The molecular formula is C15H18N4. The van der Waals surface area contributed by atoms with Crippen molar-refractivity contribution in [1.82, 2.24) is 9.97 Å². The normalized spacial score (nSPS) is 39.2. The lowest BCUT2D eigenvalue weighted by molar-refractivity contribution is -0.00933. The molecule has 98 valence electrons. The lowest BCUT2D eigenvalue weighted by Crippen LogP contribution is -2.49. The maximum Gasteiger partial charge on any atom is 0.145 e. The Hall–Kier alpha value is -1.63. The predicted octanol–water partition coefficient (Wildman–Crippen LogP) is 2.40. The highest BCUT2D eigenvalue weighted by molar-refractivity contribution is 5.47. The predicted molar refractivity (Wildman–Crippen MR) is 71.0 cm³/mol. The Morgan fingerprint density at radius 2 is 1.74 bits per heavy atom. The molecule has 4 bridgehead atoms. The molecule has 0 amide bonds. The summed E-state index contributed by atoms with van der Waals surface area (Å²) >= 11 is 0. The van der Waals surface area contributed by atoms with Gasteiger partial charge in [-0.2, -0.15) is 5.26 Å². The van der Waals surface area contributed by atoms with Gasteiger partial charge in [0.15, 0.2) is 0 Å². The first-order valence-electron chi connectivity index (χ1n) is 7.21. The fraction of sp³-hybridized carbons (Fsp3) is 0.667. The summed E-state index contributed by atoms with van der Waals surface area (Å²) in [6.45, 7) is 0. The van der Waals surface area contributed by atoms with Gasteiger partial charge in [0.05, 0.1) is 6.20 Å². The fourth-order valence-corrected chi connectivity index (χ4v) is 5.12. The van der Waals surface area contributed by atoms with Gasteiger partial charge in [0, 0.05) is 5.41 Å². The zero-order valence-corrected chi connectivity index (χ0v) is 11.0. The van der Waals surface area contributed by atoms with Crippen LogP contribution in [0, 0.1) is 29.1 Å². The minimum atomic E-state index is 0.164. The van der Waals surface area contributed by atoms with Gasteiger partial charge in [-0.15, -0.1) is 0 Å². The largest absolute Gasteiger partial charge is 0.382 e. The molecule has 0 atom stereocenters. The van der Waals surface area contributed by atoms with E-state index in [1.54, 1.807) is 6.20 Å². The van der Waals surface area contributed by atoms with Crippen molar-refractivity contribution in [2.75, 3.05) is 5.73 Å². The second-order valence-corrected chi connectivity index (χ2v) is 6.80. The summed E-state index contributed by atoms with van der Waals surface area (Å²) < 4.78 is 0. The maximum atomic E-state index is 8.93. The van der Waals surface area contributed by atoms with E-state index in [2.05, 4.69) is 9.97 Å². The summed E-state index contributed by atoms with van der Waals surface area (Å²) in [5.41, 5.74) is 6.44. The summed E-state index contributed by atoms with van der Waals surface area (Å²) in [7, 11) is 0. The lowest BCUT2D eigenvalue weighted by Gasteiger charge is -2.55. The number of aromatic nitrogens is 2. The van der Waals surface area contributed by atoms with Crippen LogP contribution in [0.5, 0.6) is 0 Å². The van der Waals surface area contributed by atoms with Gasteiger partial charge < -0.3 is 5.73 Å². The van der Waals surface area contributed by atoms with Crippen molar-refractivity contribution < 1.29 is 0 Å². The number of rotatable bonds is 1. The fourth-order valence-electron chi connectivity index (χ4n) is 5.12. The quantitative estimate of drug-likeness (QED) is 0.835. The topological polar surface area (TPSA) is 75.6 Å². The molecular weight excluding hydrogens is 236 g/mol. The Morgan fingerprint density at radius 1 is 1.16 bits per heavy atom. The molecule has 0 aromatic carbocycles. The molecule has 0 saturated heterocycles. The molecule has 4 saturated carbocycles. The molecule has 0 spiro atoms. The van der Waals surface area contributed by atoms with E-state index in [-0.39, 0.29) is 5.41 Å². The van der Waals surface area contributed by atoms with Crippen LogP contribution in [0.2, 0.25) is 0 Å². The summed E-state index contributed by atoms with van der Waals surface area (Å²) in [6, 6.07) is 2.05. The molecule has 1 aromatic rings. The molecule has 4 aliphatic carbocycles. The van der Waals surface area contributed by atoms with Crippen molar-refractivity contribution in [3.8, 4) is 6.07 Å². The first-order valence-corrected chi connectivity index (χ1v) is 7.21. The lowest BCUT2D eigenvalue weighted by atomic mass is 9.49. The monoisotopic (exact) mass is 254 g/mol. The summed E-state index contributed by atoms with van der Waals surface area (Å²) in [5.74, 6) is 3.86. The smallest absolute Gasteiger partial charge is 0.145 e. The van der Waals surface area contributed by atoms with Crippen molar-refractivity contribution in [2.45, 2.75) is 43.9 Å². The first-order chi connectivity index (χ1) is 9.18. The van der Waals surface area contributed by atoms with Gasteiger partial charge >= 0.3 is 0 Å². The van der Waals surface area contributed by atoms with E-state index in [0.29, 0.717) is 11.4 Å². The SMILES string of the molecule is N#Cc1cnc(C23CC4CC(CC(C4)C2)C3)nc1N. The second-order valence-electron chi connectivity index (χ2n) is 6.80. The standard InChI is InChI=1S/C15H18N4/c16-7-12-8-18-14(19-13(12)17)15-4-9-1-10(5-15)3-11(2-9)6-15/h8-11H,1-6H2,(H2,17,18,19). The first kappa shape index (κ1) is 11.2. The number of anilines is 1. The molecule has 0 radical (unpaired) electrons. The van der Waals surface area contributed by atoms with E-state index < -0.39 is 0 Å². The van der Waals surface area contributed by atoms with Crippen molar-refractivity contribution in [1.29, 1.82) is 5.26 Å². The van der Waals surface area contributed by atoms with Crippen molar-refractivity contribution >= 4 is 5.82 Å². The summed E-state index contributed by atoms with van der Waals surface area (Å²) in [4.78, 5) is 8.96. The van der Waals surface area contributed by atoms with Crippen LogP contribution in [-0.4, -0.2) is 9.97 Å². The van der Waals surface area contributed by atoms with E-state index in [1.807, 2.05) is 6.07 Å². The van der Waals surface area contributed by atoms with Gasteiger partial charge in [0.2, 0.25) is 0 Å². The van der Waals surface area contributed by atoms with Crippen molar-refractivity contribution in [3.05, 3.63) is 17.6 Å². The molecule has 5 rings (SSSR count). The van der Waals surface area contributed by atoms with Gasteiger partial charge in [0.25, 0.3) is 0 Å². The average Bonchev–Trinajstić information content (AvgIpc) is 2.37. The summed E-state index contributed by atoms with van der Waals surface area (Å²) in [5, 5.41) is 8.93. The van der Waals surface area contributed by atoms with Crippen molar-refractivity contribution in [3.63, 3.8) is 0 Å². The Kier molecular flexibility index (Phi) is 2.18.